The lowest BCUT2D eigenvalue weighted by Crippen LogP contribution is -2.16. The van der Waals surface area contributed by atoms with E-state index in [0.717, 1.165) is 0 Å². The van der Waals surface area contributed by atoms with Gasteiger partial charge in [-0.2, -0.15) is 9.78 Å². The molecule has 0 saturated heterocycles. The van der Waals surface area contributed by atoms with Crippen molar-refractivity contribution in [3.63, 3.8) is 0 Å². The van der Waals surface area contributed by atoms with Crippen molar-refractivity contribution in [1.82, 2.24) is 24.7 Å². The number of anilines is 1. The Balaban J connectivity index is 2.32. The fourth-order valence-corrected chi connectivity index (χ4v) is 1.42. The molecule has 19 heavy (non-hydrogen) atoms. The largest absolute Gasteiger partial charge is 0.453 e. The van der Waals surface area contributed by atoms with E-state index < -0.39 is 6.09 Å². The number of carbonyl (C=O) groups is 1. The third-order valence-corrected chi connectivity index (χ3v) is 2.27. The smallest absolute Gasteiger partial charge is 0.412 e. The van der Waals surface area contributed by atoms with Gasteiger partial charge in [0, 0.05) is 6.07 Å². The fraction of sp³-hybridized carbons (Fsp3) is 0.300. The molecule has 0 radical (unpaired) electrons. The minimum absolute atomic E-state index is 0.294. The van der Waals surface area contributed by atoms with Gasteiger partial charge in [0.25, 0.3) is 0 Å². The van der Waals surface area contributed by atoms with Gasteiger partial charge in [0.1, 0.15) is 18.5 Å². The first-order chi connectivity index (χ1) is 9.11. The highest BCUT2D eigenvalue weighted by molar-refractivity contribution is 5.83. The predicted molar refractivity (Wildman–Crippen MR) is 65.6 cm³/mol. The zero-order valence-electron chi connectivity index (χ0n) is 10.4. The zero-order chi connectivity index (χ0) is 13.8. The van der Waals surface area contributed by atoms with E-state index in [1.54, 1.807) is 6.92 Å². The van der Waals surface area contributed by atoms with Crippen molar-refractivity contribution >= 4 is 11.9 Å². The van der Waals surface area contributed by atoms with Gasteiger partial charge in [-0.15, -0.1) is 0 Å². The summed E-state index contributed by atoms with van der Waals surface area (Å²) in [5.41, 5.74) is 5.78. The normalized spacial score (nSPS) is 11.9. The van der Waals surface area contributed by atoms with Gasteiger partial charge in [0.2, 0.25) is 0 Å². The van der Waals surface area contributed by atoms with Crippen LogP contribution in [0, 0.1) is 0 Å². The Kier molecular flexibility index (Phi) is 3.66. The molecule has 1 amide bonds. The van der Waals surface area contributed by atoms with Crippen LogP contribution in [0.1, 0.15) is 18.8 Å². The molecule has 0 aliphatic heterocycles. The van der Waals surface area contributed by atoms with Crippen LogP contribution in [-0.2, 0) is 4.74 Å². The molecule has 3 N–H and O–H groups in total. The summed E-state index contributed by atoms with van der Waals surface area (Å²) in [6.07, 6.45) is 2.07. The van der Waals surface area contributed by atoms with E-state index in [4.69, 9.17) is 5.73 Å². The van der Waals surface area contributed by atoms with Crippen molar-refractivity contribution in [1.29, 1.82) is 0 Å². The summed E-state index contributed by atoms with van der Waals surface area (Å²) in [5.74, 6) is 1.30. The highest BCUT2D eigenvalue weighted by Gasteiger charge is 2.12. The number of hydrogen-bond donors (Lipinski definition) is 2. The number of aromatic nitrogens is 5. The Bertz CT molecular complexity index is 581. The van der Waals surface area contributed by atoms with Crippen LogP contribution in [0.25, 0.3) is 5.82 Å². The molecular weight excluding hydrogens is 250 g/mol. The van der Waals surface area contributed by atoms with Crippen molar-refractivity contribution in [2.45, 2.75) is 13.0 Å². The van der Waals surface area contributed by atoms with Crippen LogP contribution in [0.3, 0.4) is 0 Å². The third-order valence-electron chi connectivity index (χ3n) is 2.27. The molecule has 0 saturated carbocycles. The van der Waals surface area contributed by atoms with Crippen LogP contribution in [0.2, 0.25) is 0 Å². The van der Waals surface area contributed by atoms with Crippen molar-refractivity contribution in [3.05, 3.63) is 24.5 Å². The van der Waals surface area contributed by atoms with Crippen LogP contribution in [-0.4, -0.2) is 37.9 Å². The number of amides is 1. The van der Waals surface area contributed by atoms with Gasteiger partial charge in [0.05, 0.1) is 13.2 Å². The number of nitrogens with zero attached hydrogens (tertiary/aromatic N) is 5. The first-order valence-electron chi connectivity index (χ1n) is 5.44. The van der Waals surface area contributed by atoms with Gasteiger partial charge in [-0.25, -0.2) is 19.7 Å². The topological polar surface area (TPSA) is 121 Å². The highest BCUT2D eigenvalue weighted by Crippen LogP contribution is 2.13. The number of rotatable bonds is 3. The number of hydrogen-bond acceptors (Lipinski definition) is 7. The van der Waals surface area contributed by atoms with Gasteiger partial charge in [-0.1, -0.05) is 0 Å². The second-order valence-electron chi connectivity index (χ2n) is 3.70. The van der Waals surface area contributed by atoms with Crippen molar-refractivity contribution < 1.29 is 9.53 Å². The average Bonchev–Trinajstić information content (AvgIpc) is 2.88. The van der Waals surface area contributed by atoms with Gasteiger partial charge in [0.15, 0.2) is 11.6 Å². The lowest BCUT2D eigenvalue weighted by molar-refractivity contribution is 0.187. The predicted octanol–water partition coefficient (Wildman–Crippen LogP) is 0.255. The summed E-state index contributed by atoms with van der Waals surface area (Å²) < 4.78 is 5.96. The van der Waals surface area contributed by atoms with Crippen molar-refractivity contribution in [2.75, 3.05) is 12.4 Å². The molecule has 2 aromatic heterocycles. The molecular formula is C10H13N7O2. The molecule has 0 fully saturated rings. The van der Waals surface area contributed by atoms with Crippen molar-refractivity contribution in [3.8, 4) is 5.82 Å². The molecule has 0 aliphatic rings. The molecule has 0 aliphatic carbocycles. The Hall–Kier alpha value is -2.55. The third kappa shape index (κ3) is 2.83. The van der Waals surface area contributed by atoms with Gasteiger partial charge in [-0.05, 0) is 6.92 Å². The number of nitrogens with one attached hydrogen (secondary N) is 1. The van der Waals surface area contributed by atoms with E-state index >= 15 is 0 Å². The Morgan fingerprint density at radius 2 is 2.21 bits per heavy atom. The van der Waals surface area contributed by atoms with E-state index in [0.29, 0.717) is 17.5 Å². The second kappa shape index (κ2) is 5.40. The molecule has 0 bridgehead atoms. The first kappa shape index (κ1) is 12.9. The van der Waals surface area contributed by atoms with E-state index in [1.807, 2.05) is 0 Å². The summed E-state index contributed by atoms with van der Waals surface area (Å²) in [6.45, 7) is 1.79. The lowest BCUT2D eigenvalue weighted by Gasteiger charge is -2.08. The van der Waals surface area contributed by atoms with Crippen LogP contribution in [0.5, 0.6) is 0 Å². The van der Waals surface area contributed by atoms with Crippen LogP contribution in [0.4, 0.5) is 10.6 Å². The number of nitrogens with two attached hydrogens (primary N) is 1. The quantitative estimate of drug-likeness (QED) is 0.814. The minimum atomic E-state index is -0.615. The summed E-state index contributed by atoms with van der Waals surface area (Å²) in [7, 11) is 1.27. The number of carbonyl (C=O) groups excluding carboxylic acids is 1. The first-order valence-corrected chi connectivity index (χ1v) is 5.44. The highest BCUT2D eigenvalue weighted by atomic mass is 16.5. The Morgan fingerprint density at radius 1 is 1.42 bits per heavy atom. The summed E-state index contributed by atoms with van der Waals surface area (Å²) in [6, 6.07) is 1.24. The minimum Gasteiger partial charge on any atom is -0.453 e. The van der Waals surface area contributed by atoms with Crippen LogP contribution < -0.4 is 11.1 Å². The maximum Gasteiger partial charge on any atom is 0.412 e. The fourth-order valence-electron chi connectivity index (χ4n) is 1.42. The summed E-state index contributed by atoms with van der Waals surface area (Å²) >= 11 is 0. The van der Waals surface area contributed by atoms with Crippen LogP contribution >= 0.6 is 0 Å². The zero-order valence-corrected chi connectivity index (χ0v) is 10.4. The standard InChI is InChI=1S/C10H13N7O2/c1-6(11)9-14-5-15-17(9)8-3-7(12-4-13-8)16-10(18)19-2/h3-6H,11H2,1-2H3,(H,12,13,16,18). The number of methoxy groups -OCH3 is 1. The monoisotopic (exact) mass is 263 g/mol. The molecule has 1 atom stereocenters. The molecule has 9 heteroatoms. The van der Waals surface area contributed by atoms with Crippen molar-refractivity contribution in [2.24, 2.45) is 5.73 Å². The average molecular weight is 263 g/mol. The maximum absolute atomic E-state index is 11.1. The second-order valence-corrected chi connectivity index (χ2v) is 3.70. The van der Waals surface area contributed by atoms with E-state index in [1.165, 1.54) is 30.5 Å². The Morgan fingerprint density at radius 3 is 2.89 bits per heavy atom. The van der Waals surface area contributed by atoms with E-state index in [-0.39, 0.29) is 6.04 Å². The lowest BCUT2D eigenvalue weighted by atomic mass is 10.3. The van der Waals surface area contributed by atoms with Gasteiger partial charge >= 0.3 is 6.09 Å². The SMILES string of the molecule is COC(=O)Nc1cc(-n2ncnc2C(C)N)ncn1. The van der Waals surface area contributed by atoms with Gasteiger partial charge < -0.3 is 10.5 Å². The molecule has 2 heterocycles. The summed E-state index contributed by atoms with van der Waals surface area (Å²) in [5, 5.41) is 6.48. The molecule has 0 spiro atoms. The van der Waals surface area contributed by atoms with E-state index in [2.05, 4.69) is 30.1 Å². The molecule has 100 valence electrons. The van der Waals surface area contributed by atoms with E-state index in [9.17, 15) is 4.79 Å². The molecule has 0 aromatic carbocycles. The summed E-state index contributed by atoms with van der Waals surface area (Å²) in [4.78, 5) is 23.1. The molecule has 1 unspecified atom stereocenters. The van der Waals surface area contributed by atoms with Gasteiger partial charge in [-0.3, -0.25) is 5.32 Å². The number of ether oxygens (including phenoxy) is 1. The molecule has 2 rings (SSSR count). The molecule has 9 nitrogen and oxygen atoms in total. The maximum atomic E-state index is 11.1. The van der Waals surface area contributed by atoms with Crippen LogP contribution in [0.15, 0.2) is 18.7 Å². The molecule has 2 aromatic rings. The Labute approximate surface area is 108 Å².